The molecule has 0 saturated heterocycles. The number of hydrogen-bond acceptors (Lipinski definition) is 3. The van der Waals surface area contributed by atoms with Gasteiger partial charge in [0.05, 0.1) is 0 Å². The zero-order valence-corrected chi connectivity index (χ0v) is 8.87. The van der Waals surface area contributed by atoms with E-state index < -0.39 is 11.9 Å². The first-order chi connectivity index (χ1) is 7.63. The molecule has 16 heavy (non-hydrogen) atoms. The van der Waals surface area contributed by atoms with E-state index in [0.29, 0.717) is 12.8 Å². The molecule has 0 saturated carbocycles. The Bertz CT molecular complexity index is 257. The van der Waals surface area contributed by atoms with E-state index in [2.05, 4.69) is 4.98 Å². The van der Waals surface area contributed by atoms with Crippen molar-refractivity contribution in [2.75, 3.05) is 0 Å². The lowest BCUT2D eigenvalue weighted by molar-refractivity contribution is -0.139. The van der Waals surface area contributed by atoms with Crippen LogP contribution in [0.4, 0.5) is 0 Å². The minimum Gasteiger partial charge on any atom is -0.481 e. The Morgan fingerprint density at radius 2 is 1.31 bits per heavy atom. The first-order valence-corrected chi connectivity index (χ1v) is 4.91. The van der Waals surface area contributed by atoms with Gasteiger partial charge in [-0.2, -0.15) is 0 Å². The molecule has 0 aromatic carbocycles. The van der Waals surface area contributed by atoms with Crippen molar-refractivity contribution in [2.24, 2.45) is 0 Å². The standard InChI is InChI=1S/C6H10O4.C5H5N/c7-5(8)3-1-2-4-6(9)10;1-2-4-6-5-3-1/h1-4H2,(H,7,8)(H,9,10);1-5H. The van der Waals surface area contributed by atoms with Crippen LogP contribution in [0.5, 0.6) is 0 Å². The Morgan fingerprint density at radius 1 is 0.875 bits per heavy atom. The number of carboxylic acid groups (broad SMARTS) is 2. The van der Waals surface area contributed by atoms with Gasteiger partial charge in [0, 0.05) is 25.2 Å². The van der Waals surface area contributed by atoms with Gasteiger partial charge in [-0.3, -0.25) is 14.6 Å². The number of pyridine rings is 1. The lowest BCUT2D eigenvalue weighted by Crippen LogP contribution is -1.97. The van der Waals surface area contributed by atoms with Crippen molar-refractivity contribution in [3.63, 3.8) is 0 Å². The van der Waals surface area contributed by atoms with Crippen LogP contribution in [0.25, 0.3) is 0 Å². The van der Waals surface area contributed by atoms with E-state index in [1.54, 1.807) is 12.4 Å². The molecule has 0 bridgehead atoms. The molecule has 0 aliphatic heterocycles. The molecule has 0 amide bonds. The number of hydrogen-bond donors (Lipinski definition) is 2. The maximum Gasteiger partial charge on any atom is 0.303 e. The highest BCUT2D eigenvalue weighted by atomic mass is 16.4. The monoisotopic (exact) mass is 225 g/mol. The molecule has 0 spiro atoms. The van der Waals surface area contributed by atoms with E-state index in [9.17, 15) is 9.59 Å². The summed E-state index contributed by atoms with van der Waals surface area (Å²) in [6, 6.07) is 5.72. The van der Waals surface area contributed by atoms with Crippen LogP contribution in [0.1, 0.15) is 25.7 Å². The van der Waals surface area contributed by atoms with E-state index in [4.69, 9.17) is 10.2 Å². The zero-order valence-electron chi connectivity index (χ0n) is 8.87. The fourth-order valence-corrected chi connectivity index (χ4v) is 0.865. The highest BCUT2D eigenvalue weighted by molar-refractivity contribution is 5.67. The first kappa shape index (κ1) is 14.1. The Morgan fingerprint density at radius 3 is 1.50 bits per heavy atom. The van der Waals surface area contributed by atoms with Gasteiger partial charge < -0.3 is 10.2 Å². The largest absolute Gasteiger partial charge is 0.481 e. The van der Waals surface area contributed by atoms with Crippen LogP contribution in [0.3, 0.4) is 0 Å². The molecule has 0 radical (unpaired) electrons. The second-order valence-corrected chi connectivity index (χ2v) is 3.02. The van der Waals surface area contributed by atoms with Gasteiger partial charge >= 0.3 is 11.9 Å². The van der Waals surface area contributed by atoms with Gasteiger partial charge in [-0.1, -0.05) is 6.07 Å². The van der Waals surface area contributed by atoms with Crippen molar-refractivity contribution in [2.45, 2.75) is 25.7 Å². The smallest absolute Gasteiger partial charge is 0.303 e. The van der Waals surface area contributed by atoms with Gasteiger partial charge in [-0.05, 0) is 25.0 Å². The number of unbranched alkanes of at least 4 members (excludes halogenated alkanes) is 1. The third-order valence-electron chi connectivity index (χ3n) is 1.60. The zero-order chi connectivity index (χ0) is 12.2. The number of carboxylic acids is 2. The van der Waals surface area contributed by atoms with Gasteiger partial charge in [-0.25, -0.2) is 0 Å². The summed E-state index contributed by atoms with van der Waals surface area (Å²) in [7, 11) is 0. The molecule has 5 nitrogen and oxygen atoms in total. The Hall–Kier alpha value is -1.91. The lowest BCUT2D eigenvalue weighted by atomic mass is 10.2. The van der Waals surface area contributed by atoms with Crippen molar-refractivity contribution in [1.29, 1.82) is 0 Å². The van der Waals surface area contributed by atoms with Crippen LogP contribution in [0.15, 0.2) is 30.6 Å². The Labute approximate surface area is 93.8 Å². The normalized spacial score (nSPS) is 8.75. The highest BCUT2D eigenvalue weighted by Gasteiger charge is 1.99. The van der Waals surface area contributed by atoms with Crippen LogP contribution >= 0.6 is 0 Å². The summed E-state index contributed by atoms with van der Waals surface area (Å²) in [5.74, 6) is -1.74. The van der Waals surface area contributed by atoms with E-state index in [1.807, 2.05) is 18.2 Å². The maximum absolute atomic E-state index is 9.90. The predicted octanol–water partition coefficient (Wildman–Crippen LogP) is 1.80. The molecule has 0 aliphatic rings. The second kappa shape index (κ2) is 9.64. The van der Waals surface area contributed by atoms with Crippen LogP contribution in [0.2, 0.25) is 0 Å². The average Bonchev–Trinajstić information content (AvgIpc) is 2.27. The average molecular weight is 225 g/mol. The minimum atomic E-state index is -0.870. The number of rotatable bonds is 5. The molecule has 5 heteroatoms. The van der Waals surface area contributed by atoms with E-state index in [-0.39, 0.29) is 12.8 Å². The van der Waals surface area contributed by atoms with Crippen LogP contribution in [0, 0.1) is 0 Å². The van der Waals surface area contributed by atoms with Crippen molar-refractivity contribution in [3.8, 4) is 0 Å². The topological polar surface area (TPSA) is 87.5 Å². The van der Waals surface area contributed by atoms with Crippen LogP contribution in [-0.2, 0) is 9.59 Å². The fourth-order valence-electron chi connectivity index (χ4n) is 0.865. The van der Waals surface area contributed by atoms with E-state index >= 15 is 0 Å². The molecule has 1 aromatic rings. The maximum atomic E-state index is 9.90. The molecule has 0 aliphatic carbocycles. The van der Waals surface area contributed by atoms with Crippen LogP contribution in [-0.4, -0.2) is 27.1 Å². The molecule has 2 N–H and O–H groups in total. The van der Waals surface area contributed by atoms with Crippen molar-refractivity contribution in [1.82, 2.24) is 4.98 Å². The highest BCUT2D eigenvalue weighted by Crippen LogP contribution is 1.98. The molecule has 1 aromatic heterocycles. The van der Waals surface area contributed by atoms with Gasteiger partial charge in [0.25, 0.3) is 0 Å². The van der Waals surface area contributed by atoms with Crippen molar-refractivity contribution < 1.29 is 19.8 Å². The molecular formula is C11H15NO4. The van der Waals surface area contributed by atoms with Gasteiger partial charge in [0.1, 0.15) is 0 Å². The summed E-state index contributed by atoms with van der Waals surface area (Å²) in [5, 5.41) is 16.3. The summed E-state index contributed by atoms with van der Waals surface area (Å²) >= 11 is 0. The van der Waals surface area contributed by atoms with Gasteiger partial charge in [0.2, 0.25) is 0 Å². The summed E-state index contributed by atoms with van der Waals surface area (Å²) < 4.78 is 0. The van der Waals surface area contributed by atoms with E-state index in [1.165, 1.54) is 0 Å². The number of nitrogens with zero attached hydrogens (tertiary/aromatic N) is 1. The molecule has 0 fully saturated rings. The summed E-state index contributed by atoms with van der Waals surface area (Å²) in [5.41, 5.74) is 0. The molecule has 0 unspecified atom stereocenters. The molecule has 1 heterocycles. The third kappa shape index (κ3) is 12.1. The number of aliphatic carboxylic acids is 2. The SMILES string of the molecule is O=C(O)CCCCC(=O)O.c1ccncc1. The fraction of sp³-hybridized carbons (Fsp3) is 0.364. The second-order valence-electron chi connectivity index (χ2n) is 3.02. The number of aromatic nitrogens is 1. The summed E-state index contributed by atoms with van der Waals surface area (Å²) in [6.45, 7) is 0. The predicted molar refractivity (Wildman–Crippen MR) is 58.0 cm³/mol. The Kier molecular flexibility index (Phi) is 8.49. The van der Waals surface area contributed by atoms with Crippen molar-refractivity contribution >= 4 is 11.9 Å². The first-order valence-electron chi connectivity index (χ1n) is 4.91. The summed E-state index contributed by atoms with van der Waals surface area (Å²) in [6.07, 6.45) is 4.52. The minimum absolute atomic E-state index is 0.0628. The molecule has 0 atom stereocenters. The van der Waals surface area contributed by atoms with Gasteiger partial charge in [0.15, 0.2) is 0 Å². The summed E-state index contributed by atoms with van der Waals surface area (Å²) in [4.78, 5) is 23.6. The van der Waals surface area contributed by atoms with E-state index in [0.717, 1.165) is 0 Å². The Balaban J connectivity index is 0.000000315. The third-order valence-corrected chi connectivity index (χ3v) is 1.60. The molecule has 88 valence electrons. The quantitative estimate of drug-likeness (QED) is 0.746. The van der Waals surface area contributed by atoms with Crippen molar-refractivity contribution in [3.05, 3.63) is 30.6 Å². The van der Waals surface area contributed by atoms with Gasteiger partial charge in [-0.15, -0.1) is 0 Å². The lowest BCUT2D eigenvalue weighted by Gasteiger charge is -1.92. The number of carbonyl (C=O) groups is 2. The molecular weight excluding hydrogens is 210 g/mol. The van der Waals surface area contributed by atoms with Crippen LogP contribution < -0.4 is 0 Å². The molecule has 1 rings (SSSR count).